The van der Waals surface area contributed by atoms with Gasteiger partial charge in [-0.1, -0.05) is 0 Å². The van der Waals surface area contributed by atoms with Crippen molar-refractivity contribution in [3.05, 3.63) is 50.6 Å². The van der Waals surface area contributed by atoms with Crippen molar-refractivity contribution in [3.8, 4) is 0 Å². The second-order valence-corrected chi connectivity index (χ2v) is 7.45. The van der Waals surface area contributed by atoms with Crippen LogP contribution in [0.3, 0.4) is 0 Å². The standard InChI is InChI=1S/C19H24N6O4/c1-14-9-17(25(27)28)19(20-11-14)23-4-2-3-15(13-23)24-18(26)10-16(12-21-24)22-5-7-29-8-6-22/h9-12,15H,2-8,13H2,1H3. The first-order valence-corrected chi connectivity index (χ1v) is 9.80. The first-order chi connectivity index (χ1) is 14.0. The van der Waals surface area contributed by atoms with Crippen molar-refractivity contribution in [1.29, 1.82) is 0 Å². The van der Waals surface area contributed by atoms with Crippen LogP contribution in [0.2, 0.25) is 0 Å². The molecule has 29 heavy (non-hydrogen) atoms. The number of pyridine rings is 1. The summed E-state index contributed by atoms with van der Waals surface area (Å²) < 4.78 is 6.85. The maximum atomic E-state index is 12.7. The summed E-state index contributed by atoms with van der Waals surface area (Å²) in [5.41, 5.74) is 1.38. The van der Waals surface area contributed by atoms with Crippen LogP contribution in [0.15, 0.2) is 29.3 Å². The van der Waals surface area contributed by atoms with Crippen molar-refractivity contribution in [1.82, 2.24) is 14.8 Å². The summed E-state index contributed by atoms with van der Waals surface area (Å²) in [6.45, 7) is 5.67. The molecular weight excluding hydrogens is 376 g/mol. The van der Waals surface area contributed by atoms with E-state index in [0.29, 0.717) is 32.1 Å². The van der Waals surface area contributed by atoms with E-state index in [-0.39, 0.29) is 17.3 Å². The Kier molecular flexibility index (Phi) is 5.43. The summed E-state index contributed by atoms with van der Waals surface area (Å²) in [6.07, 6.45) is 4.95. The van der Waals surface area contributed by atoms with Crippen molar-refractivity contribution in [2.45, 2.75) is 25.8 Å². The second kappa shape index (κ2) is 8.16. The molecule has 1 atom stereocenters. The highest BCUT2D eigenvalue weighted by molar-refractivity contribution is 5.58. The van der Waals surface area contributed by atoms with E-state index in [4.69, 9.17) is 4.74 Å². The van der Waals surface area contributed by atoms with Crippen molar-refractivity contribution in [2.75, 3.05) is 49.2 Å². The second-order valence-electron chi connectivity index (χ2n) is 7.45. The van der Waals surface area contributed by atoms with Gasteiger partial charge in [0.25, 0.3) is 5.56 Å². The molecule has 2 saturated heterocycles. The lowest BCUT2D eigenvalue weighted by Crippen LogP contribution is -2.42. The van der Waals surface area contributed by atoms with Crippen LogP contribution >= 0.6 is 0 Å². The SMILES string of the molecule is Cc1cnc(N2CCCC(n3ncc(N4CCOCC4)cc3=O)C2)c([N+](=O)[O-])c1. The predicted octanol–water partition coefficient (Wildman–Crippen LogP) is 1.53. The van der Waals surface area contributed by atoms with Crippen LogP contribution in [0.1, 0.15) is 24.4 Å². The van der Waals surface area contributed by atoms with Gasteiger partial charge in [0.2, 0.25) is 5.82 Å². The van der Waals surface area contributed by atoms with Gasteiger partial charge in [0.15, 0.2) is 0 Å². The monoisotopic (exact) mass is 400 g/mol. The third-order valence-corrected chi connectivity index (χ3v) is 5.41. The summed E-state index contributed by atoms with van der Waals surface area (Å²) in [5, 5.41) is 15.9. The van der Waals surface area contributed by atoms with E-state index in [1.807, 2.05) is 4.90 Å². The number of hydrogen-bond donors (Lipinski definition) is 0. The molecule has 0 bridgehead atoms. The lowest BCUT2D eigenvalue weighted by molar-refractivity contribution is -0.384. The van der Waals surface area contributed by atoms with Crippen LogP contribution in [0, 0.1) is 17.0 Å². The van der Waals surface area contributed by atoms with E-state index in [1.165, 1.54) is 10.7 Å². The number of nitrogens with zero attached hydrogens (tertiary/aromatic N) is 6. The Bertz CT molecular complexity index is 956. The Balaban J connectivity index is 1.56. The van der Waals surface area contributed by atoms with Gasteiger partial charge in [-0.25, -0.2) is 9.67 Å². The number of aromatic nitrogens is 3. The van der Waals surface area contributed by atoms with Gasteiger partial charge in [-0.15, -0.1) is 0 Å². The Morgan fingerprint density at radius 2 is 1.97 bits per heavy atom. The zero-order valence-corrected chi connectivity index (χ0v) is 16.4. The Hall–Kier alpha value is -3.01. The van der Waals surface area contributed by atoms with Crippen LogP contribution in [-0.2, 0) is 4.74 Å². The lowest BCUT2D eigenvalue weighted by Gasteiger charge is -2.34. The third-order valence-electron chi connectivity index (χ3n) is 5.41. The van der Waals surface area contributed by atoms with Crippen LogP contribution in [-0.4, -0.2) is 59.1 Å². The predicted molar refractivity (Wildman–Crippen MR) is 108 cm³/mol. The van der Waals surface area contributed by atoms with Crippen molar-refractivity contribution in [3.63, 3.8) is 0 Å². The van der Waals surface area contributed by atoms with Gasteiger partial charge >= 0.3 is 5.69 Å². The largest absolute Gasteiger partial charge is 0.378 e. The highest BCUT2D eigenvalue weighted by Crippen LogP contribution is 2.31. The average Bonchev–Trinajstić information content (AvgIpc) is 2.74. The number of anilines is 2. The molecule has 2 aromatic rings. The molecule has 0 spiro atoms. The minimum absolute atomic E-state index is 0.00591. The number of piperidine rings is 1. The fourth-order valence-electron chi connectivity index (χ4n) is 3.95. The van der Waals surface area contributed by atoms with Crippen LogP contribution in [0.4, 0.5) is 17.2 Å². The summed E-state index contributed by atoms with van der Waals surface area (Å²) in [5.74, 6) is 0.350. The highest BCUT2D eigenvalue weighted by Gasteiger charge is 2.29. The summed E-state index contributed by atoms with van der Waals surface area (Å²) in [7, 11) is 0. The molecule has 10 nitrogen and oxygen atoms in total. The molecule has 4 heterocycles. The molecule has 2 fully saturated rings. The molecule has 2 aliphatic rings. The molecule has 2 aromatic heterocycles. The maximum Gasteiger partial charge on any atom is 0.311 e. The van der Waals surface area contributed by atoms with Gasteiger partial charge in [-0.3, -0.25) is 14.9 Å². The molecule has 0 radical (unpaired) electrons. The average molecular weight is 400 g/mol. The summed E-state index contributed by atoms with van der Waals surface area (Å²) in [4.78, 5) is 32.1. The van der Waals surface area contributed by atoms with Crippen molar-refractivity contribution in [2.24, 2.45) is 0 Å². The molecule has 4 rings (SSSR count). The van der Waals surface area contributed by atoms with E-state index in [9.17, 15) is 14.9 Å². The van der Waals surface area contributed by atoms with Gasteiger partial charge in [0, 0.05) is 44.5 Å². The molecule has 1 unspecified atom stereocenters. The topological polar surface area (TPSA) is 107 Å². The zero-order chi connectivity index (χ0) is 20.4. The van der Waals surface area contributed by atoms with Gasteiger partial charge in [-0.2, -0.15) is 5.10 Å². The van der Waals surface area contributed by atoms with Crippen molar-refractivity contribution >= 4 is 17.2 Å². The normalized spacial score (nSPS) is 20.0. The Morgan fingerprint density at radius 1 is 1.17 bits per heavy atom. The van der Waals surface area contributed by atoms with Gasteiger partial charge in [0.1, 0.15) is 0 Å². The van der Waals surface area contributed by atoms with E-state index in [2.05, 4.69) is 15.0 Å². The Morgan fingerprint density at radius 3 is 2.69 bits per heavy atom. The number of nitro groups is 1. The number of aryl methyl sites for hydroxylation is 1. The fourth-order valence-corrected chi connectivity index (χ4v) is 3.95. The Labute approximate surface area is 167 Å². The lowest BCUT2D eigenvalue weighted by atomic mass is 10.1. The van der Waals surface area contributed by atoms with Crippen LogP contribution in [0.5, 0.6) is 0 Å². The molecule has 154 valence electrons. The molecule has 10 heteroatoms. The van der Waals surface area contributed by atoms with E-state index in [0.717, 1.165) is 37.2 Å². The van der Waals surface area contributed by atoms with E-state index >= 15 is 0 Å². The maximum absolute atomic E-state index is 12.7. The summed E-state index contributed by atoms with van der Waals surface area (Å²) in [6, 6.07) is 3.00. The molecule has 0 aliphatic carbocycles. The first kappa shape index (κ1) is 19.3. The van der Waals surface area contributed by atoms with E-state index < -0.39 is 4.92 Å². The summed E-state index contributed by atoms with van der Waals surface area (Å²) >= 11 is 0. The van der Waals surface area contributed by atoms with Gasteiger partial charge < -0.3 is 14.5 Å². The third kappa shape index (κ3) is 4.07. The molecule has 2 aliphatic heterocycles. The molecular formula is C19H24N6O4. The number of ether oxygens (including phenoxy) is 1. The van der Waals surface area contributed by atoms with Gasteiger partial charge in [0.05, 0.1) is 36.1 Å². The van der Waals surface area contributed by atoms with E-state index in [1.54, 1.807) is 25.4 Å². The zero-order valence-electron chi connectivity index (χ0n) is 16.4. The molecule has 0 aromatic carbocycles. The fraction of sp³-hybridized carbons (Fsp3) is 0.526. The molecule has 0 N–H and O–H groups in total. The number of morpholine rings is 1. The number of hydrogen-bond acceptors (Lipinski definition) is 8. The quantitative estimate of drug-likeness (QED) is 0.562. The highest BCUT2D eigenvalue weighted by atomic mass is 16.6. The molecule has 0 saturated carbocycles. The molecule has 0 amide bonds. The smallest absolute Gasteiger partial charge is 0.311 e. The number of rotatable bonds is 4. The van der Waals surface area contributed by atoms with Crippen molar-refractivity contribution < 1.29 is 9.66 Å². The van der Waals surface area contributed by atoms with Crippen LogP contribution < -0.4 is 15.4 Å². The minimum Gasteiger partial charge on any atom is -0.378 e. The first-order valence-electron chi connectivity index (χ1n) is 9.80. The van der Waals surface area contributed by atoms with Gasteiger partial charge in [-0.05, 0) is 25.3 Å². The van der Waals surface area contributed by atoms with Crippen LogP contribution in [0.25, 0.3) is 0 Å². The minimum atomic E-state index is -0.402.